The van der Waals surface area contributed by atoms with Crippen molar-refractivity contribution in [1.29, 1.82) is 0 Å². The number of hydrogen-bond acceptors (Lipinski definition) is 5. The summed E-state index contributed by atoms with van der Waals surface area (Å²) in [5.41, 5.74) is 0.509. The van der Waals surface area contributed by atoms with Gasteiger partial charge in [-0.15, -0.1) is 0 Å². The molecular weight excluding hydrogens is 234 g/mol. The Morgan fingerprint density at radius 2 is 2.17 bits per heavy atom. The van der Waals surface area contributed by atoms with Crippen LogP contribution in [-0.2, 0) is 0 Å². The van der Waals surface area contributed by atoms with Crippen LogP contribution in [0.1, 0.15) is 10.4 Å². The number of carbonyl (C=O) groups excluding carboxylic acids is 1. The Morgan fingerprint density at radius 3 is 2.83 bits per heavy atom. The molecule has 0 aliphatic carbocycles. The normalized spacial score (nSPS) is 12.8. The molecule has 1 aliphatic heterocycles. The van der Waals surface area contributed by atoms with Crippen molar-refractivity contribution in [1.82, 2.24) is 4.90 Å². The fourth-order valence-electron chi connectivity index (χ4n) is 1.58. The molecule has 0 fully saturated rings. The summed E-state index contributed by atoms with van der Waals surface area (Å²) in [5.74, 6) is 1.48. The van der Waals surface area contributed by atoms with E-state index in [1.165, 1.54) is 13.2 Å². The van der Waals surface area contributed by atoms with Crippen molar-refractivity contribution < 1.29 is 19.0 Å². The Kier molecular flexibility index (Phi) is 3.41. The van der Waals surface area contributed by atoms with Crippen LogP contribution >= 0.6 is 0 Å². The minimum absolute atomic E-state index is 0.111. The molecule has 0 spiro atoms. The summed E-state index contributed by atoms with van der Waals surface area (Å²) in [6.07, 6.45) is 3.19. The number of carbonyl (C=O) groups is 1. The van der Waals surface area contributed by atoms with Gasteiger partial charge in [0.25, 0.3) is 0 Å². The van der Waals surface area contributed by atoms with Gasteiger partial charge >= 0.3 is 0 Å². The van der Waals surface area contributed by atoms with Crippen LogP contribution in [0.25, 0.3) is 0 Å². The molecule has 96 valence electrons. The number of methoxy groups -OCH3 is 1. The van der Waals surface area contributed by atoms with E-state index in [0.29, 0.717) is 22.8 Å². The van der Waals surface area contributed by atoms with E-state index >= 15 is 0 Å². The molecule has 1 aliphatic rings. The molecule has 18 heavy (non-hydrogen) atoms. The molecule has 0 unspecified atom stereocenters. The minimum atomic E-state index is -0.111. The van der Waals surface area contributed by atoms with Gasteiger partial charge in [0.1, 0.15) is 0 Å². The predicted molar refractivity (Wildman–Crippen MR) is 66.3 cm³/mol. The molecule has 0 N–H and O–H groups in total. The molecule has 0 bridgehead atoms. The molecule has 5 nitrogen and oxygen atoms in total. The van der Waals surface area contributed by atoms with Crippen LogP contribution in [0, 0.1) is 0 Å². The maximum atomic E-state index is 12.0. The summed E-state index contributed by atoms with van der Waals surface area (Å²) >= 11 is 0. The predicted octanol–water partition coefficient (Wildman–Crippen LogP) is 1.68. The average molecular weight is 249 g/mol. The van der Waals surface area contributed by atoms with Crippen LogP contribution in [-0.4, -0.2) is 38.7 Å². The second-order valence-corrected chi connectivity index (χ2v) is 4.06. The number of rotatable bonds is 4. The summed E-state index contributed by atoms with van der Waals surface area (Å²) in [6.45, 7) is 0.150. The highest BCUT2D eigenvalue weighted by atomic mass is 16.7. The number of nitrogens with zero attached hydrogens (tertiary/aromatic N) is 1. The van der Waals surface area contributed by atoms with Crippen LogP contribution in [0.3, 0.4) is 0 Å². The van der Waals surface area contributed by atoms with Crippen molar-refractivity contribution in [2.75, 3.05) is 28.0 Å². The summed E-state index contributed by atoms with van der Waals surface area (Å²) in [6, 6.07) is 3.31. The summed E-state index contributed by atoms with van der Waals surface area (Å²) in [4.78, 5) is 13.7. The minimum Gasteiger partial charge on any atom is -0.493 e. The number of fused-ring (bicyclic) bond motifs is 1. The van der Waals surface area contributed by atoms with Gasteiger partial charge in [0.05, 0.1) is 7.11 Å². The second-order valence-electron chi connectivity index (χ2n) is 4.06. The monoisotopic (exact) mass is 249 g/mol. The van der Waals surface area contributed by atoms with Gasteiger partial charge < -0.3 is 19.1 Å². The van der Waals surface area contributed by atoms with Gasteiger partial charge in [-0.3, -0.25) is 4.79 Å². The number of ether oxygens (including phenoxy) is 3. The number of ketones is 1. The molecule has 0 radical (unpaired) electrons. The van der Waals surface area contributed by atoms with Gasteiger partial charge in [-0.1, -0.05) is 0 Å². The maximum Gasteiger partial charge on any atom is 0.231 e. The fraction of sp³-hybridized carbons (Fsp3) is 0.308. The number of allylic oxidation sites excluding steroid dienone is 1. The highest BCUT2D eigenvalue weighted by Gasteiger charge is 2.21. The highest BCUT2D eigenvalue weighted by molar-refractivity contribution is 6.05. The first-order valence-electron chi connectivity index (χ1n) is 5.48. The van der Waals surface area contributed by atoms with E-state index in [4.69, 9.17) is 14.2 Å². The van der Waals surface area contributed by atoms with Crippen LogP contribution < -0.4 is 14.2 Å². The number of hydrogen-bond donors (Lipinski definition) is 0. The van der Waals surface area contributed by atoms with Crippen molar-refractivity contribution in [3.8, 4) is 17.2 Å². The first-order valence-corrected chi connectivity index (χ1v) is 5.48. The zero-order valence-corrected chi connectivity index (χ0v) is 10.6. The summed E-state index contributed by atoms with van der Waals surface area (Å²) < 4.78 is 15.7. The highest BCUT2D eigenvalue weighted by Crippen LogP contribution is 2.41. The average Bonchev–Trinajstić information content (AvgIpc) is 2.82. The number of benzene rings is 1. The molecule has 0 atom stereocenters. The van der Waals surface area contributed by atoms with Crippen molar-refractivity contribution in [2.24, 2.45) is 0 Å². The first kappa shape index (κ1) is 12.3. The van der Waals surface area contributed by atoms with E-state index in [2.05, 4.69) is 0 Å². The van der Waals surface area contributed by atoms with Crippen molar-refractivity contribution in [3.63, 3.8) is 0 Å². The Balaban J connectivity index is 2.32. The van der Waals surface area contributed by atoms with E-state index in [9.17, 15) is 4.79 Å². The van der Waals surface area contributed by atoms with Crippen LogP contribution in [0.5, 0.6) is 17.2 Å². The zero-order chi connectivity index (χ0) is 13.1. The van der Waals surface area contributed by atoms with Gasteiger partial charge in [-0.2, -0.15) is 0 Å². The molecule has 1 aromatic rings. The van der Waals surface area contributed by atoms with Crippen LogP contribution in [0.2, 0.25) is 0 Å². The second kappa shape index (κ2) is 5.00. The van der Waals surface area contributed by atoms with Gasteiger partial charge in [0.15, 0.2) is 17.3 Å². The SMILES string of the molecule is COc1cc(C(=O)C=CN(C)C)cc2c1OCO2. The Hall–Kier alpha value is -2.17. The smallest absolute Gasteiger partial charge is 0.231 e. The van der Waals surface area contributed by atoms with Gasteiger partial charge in [0, 0.05) is 31.9 Å². The molecule has 2 rings (SSSR count). The third kappa shape index (κ3) is 2.40. The third-order valence-corrected chi connectivity index (χ3v) is 2.47. The molecule has 1 heterocycles. The van der Waals surface area contributed by atoms with Crippen LogP contribution in [0.15, 0.2) is 24.4 Å². The lowest BCUT2D eigenvalue weighted by Crippen LogP contribution is -2.03. The maximum absolute atomic E-state index is 12.0. The Morgan fingerprint density at radius 1 is 1.39 bits per heavy atom. The van der Waals surface area contributed by atoms with Crippen molar-refractivity contribution in [2.45, 2.75) is 0 Å². The summed E-state index contributed by atoms with van der Waals surface area (Å²) in [7, 11) is 5.23. The topological polar surface area (TPSA) is 48.0 Å². The molecule has 0 amide bonds. The Labute approximate surface area is 106 Å². The van der Waals surface area contributed by atoms with Crippen molar-refractivity contribution in [3.05, 3.63) is 30.0 Å². The molecular formula is C13H15NO4. The largest absolute Gasteiger partial charge is 0.493 e. The van der Waals surface area contributed by atoms with E-state index in [1.54, 1.807) is 23.2 Å². The van der Waals surface area contributed by atoms with E-state index in [0.717, 1.165) is 0 Å². The zero-order valence-electron chi connectivity index (χ0n) is 10.6. The third-order valence-electron chi connectivity index (χ3n) is 2.47. The van der Waals surface area contributed by atoms with Crippen LogP contribution in [0.4, 0.5) is 0 Å². The van der Waals surface area contributed by atoms with Gasteiger partial charge in [0.2, 0.25) is 12.5 Å². The fourth-order valence-corrected chi connectivity index (χ4v) is 1.58. The lowest BCUT2D eigenvalue weighted by Gasteiger charge is -2.07. The quantitative estimate of drug-likeness (QED) is 0.600. The first-order chi connectivity index (χ1) is 8.61. The molecule has 5 heteroatoms. The van der Waals surface area contributed by atoms with Gasteiger partial charge in [-0.05, 0) is 12.1 Å². The standard InChI is InChI=1S/C13H15NO4/c1-14(2)5-4-10(15)9-6-11(16-3)13-12(7-9)17-8-18-13/h4-7H,8H2,1-3H3. The lowest BCUT2D eigenvalue weighted by molar-refractivity contribution is 0.104. The molecule has 0 saturated heterocycles. The van der Waals surface area contributed by atoms with E-state index in [-0.39, 0.29) is 12.6 Å². The Bertz CT molecular complexity index is 494. The molecule has 1 aromatic carbocycles. The van der Waals surface area contributed by atoms with E-state index in [1.807, 2.05) is 14.1 Å². The van der Waals surface area contributed by atoms with Gasteiger partial charge in [-0.25, -0.2) is 0 Å². The van der Waals surface area contributed by atoms with E-state index < -0.39 is 0 Å². The van der Waals surface area contributed by atoms with Crippen molar-refractivity contribution >= 4 is 5.78 Å². The molecule has 0 saturated carbocycles. The summed E-state index contributed by atoms with van der Waals surface area (Å²) in [5, 5.41) is 0. The lowest BCUT2D eigenvalue weighted by atomic mass is 10.1. The molecule has 0 aromatic heterocycles.